The molecule has 10 rings (SSSR count). The molecule has 2 aliphatic heterocycles. The van der Waals surface area contributed by atoms with E-state index in [2.05, 4.69) is 53.2 Å². The first-order valence-corrected chi connectivity index (χ1v) is 25.1. The van der Waals surface area contributed by atoms with Crippen molar-refractivity contribution in [2.24, 2.45) is 10.2 Å². The second kappa shape index (κ2) is 23.3. The van der Waals surface area contributed by atoms with Gasteiger partial charge in [-0.25, -0.2) is 10.9 Å². The average molecular weight is 1040 g/mol. The van der Waals surface area contributed by atoms with Gasteiger partial charge in [0.15, 0.2) is 11.7 Å². The molecule has 10 N–H and O–H groups in total. The standard InChI is InChI=1S/C52H44N12O6S2.2Na/c65-71(66,67)47-31-41(57-63-59-49(53-39-17-3-1-4-18-39)33-51(61-63)55-45-23-11-15-35-13-7-9-21-43(35)45)29-27-37(47)25-26-38-28-30-42(32-48(38)72(68,69)70)58-64-60-50(54-40-19-5-2-6-20-40)34-52(62-64)56-46-24-12-16-36-14-8-10-22-44(36)46;;/h1-34,53-54,57-60H,(H,55,61)(H,56,62)(H,65,66,67)(H,68,69,70);;. The van der Waals surface area contributed by atoms with Crippen molar-refractivity contribution < 1.29 is 25.9 Å². The zero-order chi connectivity index (χ0) is 49.7. The fourth-order valence-electron chi connectivity index (χ4n) is 7.90. The number of nitrogens with zero attached hydrogens (tertiary/aromatic N) is 4. The average Bonchev–Trinajstić information content (AvgIpc) is 3.36. The zero-order valence-electron chi connectivity index (χ0n) is 39.8. The molecule has 0 saturated carbocycles. The van der Waals surface area contributed by atoms with Crippen LogP contribution in [0.2, 0.25) is 0 Å². The molecule has 18 nitrogen and oxygen atoms in total. The number of para-hydroxylation sites is 2. The van der Waals surface area contributed by atoms with Gasteiger partial charge in [0.05, 0.1) is 11.4 Å². The van der Waals surface area contributed by atoms with Gasteiger partial charge in [0.25, 0.3) is 20.2 Å². The summed E-state index contributed by atoms with van der Waals surface area (Å²) in [5.41, 5.74) is 15.9. The van der Waals surface area contributed by atoms with Gasteiger partial charge in [0, 0.05) is 105 Å². The zero-order valence-corrected chi connectivity index (χ0v) is 45.4. The number of benzene rings is 8. The molecule has 0 spiro atoms. The molecule has 362 valence electrons. The van der Waals surface area contributed by atoms with Crippen molar-refractivity contribution in [1.82, 2.24) is 21.3 Å². The van der Waals surface area contributed by atoms with Crippen LogP contribution in [-0.2, 0) is 20.2 Å². The first kappa shape index (κ1) is 53.0. The van der Waals surface area contributed by atoms with Gasteiger partial charge in [-0.05, 0) is 82.6 Å². The topological polar surface area (TPSA) is 236 Å². The number of hydrogen-bond donors (Lipinski definition) is 10. The third-order valence-electron chi connectivity index (χ3n) is 11.1. The van der Waals surface area contributed by atoms with Gasteiger partial charge < -0.3 is 21.3 Å². The van der Waals surface area contributed by atoms with E-state index < -0.39 is 30.0 Å². The maximum atomic E-state index is 12.9. The third kappa shape index (κ3) is 13.1. The Balaban J connectivity index is 0.00000364. The molecule has 0 aliphatic carbocycles. The minimum Gasteiger partial charge on any atom is -0.341 e. The summed E-state index contributed by atoms with van der Waals surface area (Å²) in [6.45, 7) is 0. The van der Waals surface area contributed by atoms with Crippen molar-refractivity contribution in [1.29, 1.82) is 0 Å². The van der Waals surface area contributed by atoms with Crippen molar-refractivity contribution in [3.05, 3.63) is 217 Å². The molecule has 2 radical (unpaired) electrons. The summed E-state index contributed by atoms with van der Waals surface area (Å²) in [6, 6.07) is 54.8. The Kier molecular flexibility index (Phi) is 16.6. The maximum absolute atomic E-state index is 12.9. The van der Waals surface area contributed by atoms with Crippen LogP contribution < -0.4 is 43.0 Å². The molecule has 8 aromatic rings. The van der Waals surface area contributed by atoms with Crippen LogP contribution in [0.15, 0.2) is 226 Å². The van der Waals surface area contributed by atoms with E-state index in [9.17, 15) is 25.9 Å². The number of nitrogens with one attached hydrogen (secondary N) is 8. The van der Waals surface area contributed by atoms with Crippen LogP contribution >= 0.6 is 0 Å². The van der Waals surface area contributed by atoms with E-state index in [1.54, 1.807) is 24.3 Å². The van der Waals surface area contributed by atoms with Crippen LogP contribution in [-0.4, -0.2) is 107 Å². The van der Waals surface area contributed by atoms with E-state index in [1.165, 1.54) is 46.9 Å². The van der Waals surface area contributed by atoms with E-state index in [1.807, 2.05) is 146 Å². The van der Waals surface area contributed by atoms with Crippen molar-refractivity contribution >= 4 is 159 Å². The summed E-state index contributed by atoms with van der Waals surface area (Å²) < 4.78 is 72.6. The second-order valence-corrected chi connectivity index (χ2v) is 19.0. The molecule has 22 heteroatoms. The molecule has 0 bridgehead atoms. The Morgan fingerprint density at radius 2 is 0.811 bits per heavy atom. The maximum Gasteiger partial charge on any atom is 0.295 e. The molecule has 0 unspecified atom stereocenters. The summed E-state index contributed by atoms with van der Waals surface area (Å²) in [7, 11) is -9.73. The molecule has 2 heterocycles. The number of hydrogen-bond acceptors (Lipinski definition) is 16. The molecular weight excluding hydrogens is 999 g/mol. The first-order chi connectivity index (χ1) is 34.9. The minimum absolute atomic E-state index is 0. The fourth-order valence-corrected chi connectivity index (χ4v) is 9.32. The molecular formula is C52H44N12Na2O6S2. The van der Waals surface area contributed by atoms with E-state index in [-0.39, 0.29) is 81.6 Å². The molecule has 0 fully saturated rings. The summed E-state index contributed by atoms with van der Waals surface area (Å²) in [6.07, 6.45) is 6.16. The van der Waals surface area contributed by atoms with Crippen LogP contribution in [0.25, 0.3) is 33.7 Å². The van der Waals surface area contributed by atoms with Crippen molar-refractivity contribution in [2.45, 2.75) is 9.79 Å². The Labute approximate surface area is 471 Å². The molecule has 0 amide bonds. The number of hydrazone groups is 2. The van der Waals surface area contributed by atoms with Gasteiger partial charge in [-0.3, -0.25) is 20.0 Å². The predicted octanol–water partition coefficient (Wildman–Crippen LogP) is 8.95. The molecule has 0 saturated heterocycles. The van der Waals surface area contributed by atoms with Gasteiger partial charge in [0.2, 0.25) is 0 Å². The van der Waals surface area contributed by atoms with Crippen LogP contribution in [0, 0.1) is 0 Å². The first-order valence-electron chi connectivity index (χ1n) is 22.2. The van der Waals surface area contributed by atoms with Crippen molar-refractivity contribution in [2.75, 3.05) is 32.1 Å². The van der Waals surface area contributed by atoms with Gasteiger partial charge in [-0.1, -0.05) is 133 Å². The summed E-state index contributed by atoms with van der Waals surface area (Å²) >= 11 is 0. The largest absolute Gasteiger partial charge is 0.341 e. The predicted molar refractivity (Wildman–Crippen MR) is 296 cm³/mol. The molecule has 2 aliphatic rings. The summed E-state index contributed by atoms with van der Waals surface area (Å²) in [5.74, 6) is 1.86. The van der Waals surface area contributed by atoms with Gasteiger partial charge in [-0.15, -0.1) is 20.7 Å². The number of amidine groups is 2. The fraction of sp³-hybridized carbons (Fsp3) is 0. The molecule has 8 aromatic carbocycles. The Bertz CT molecular complexity index is 3500. The Morgan fingerprint density at radius 3 is 1.22 bits per heavy atom. The van der Waals surface area contributed by atoms with Crippen LogP contribution in [0.1, 0.15) is 11.1 Å². The Hall–Kier alpha value is -7.34. The smallest absolute Gasteiger partial charge is 0.295 e. The summed E-state index contributed by atoms with van der Waals surface area (Å²) in [4.78, 5) is -1.00. The number of fused-ring (bicyclic) bond motifs is 2. The molecule has 74 heavy (non-hydrogen) atoms. The number of rotatable bonds is 14. The normalized spacial score (nSPS) is 13.4. The molecule has 0 aromatic heterocycles. The van der Waals surface area contributed by atoms with Crippen molar-refractivity contribution in [3.63, 3.8) is 0 Å². The number of hydrazine groups is 4. The molecule has 0 atom stereocenters. The minimum atomic E-state index is -4.87. The third-order valence-corrected chi connectivity index (χ3v) is 13.0. The van der Waals surface area contributed by atoms with E-state index >= 15 is 0 Å². The second-order valence-electron chi connectivity index (χ2n) is 16.2. The quantitative estimate of drug-likeness (QED) is 0.0278. The van der Waals surface area contributed by atoms with Crippen molar-refractivity contribution in [3.8, 4) is 0 Å². The van der Waals surface area contributed by atoms with Gasteiger partial charge in [-0.2, -0.15) is 16.8 Å². The van der Waals surface area contributed by atoms with Gasteiger partial charge in [0.1, 0.15) is 21.4 Å². The van der Waals surface area contributed by atoms with E-state index in [0.29, 0.717) is 23.3 Å². The monoisotopic (exact) mass is 1040 g/mol. The van der Waals surface area contributed by atoms with E-state index in [0.717, 1.165) is 44.3 Å². The SMILES string of the molecule is O=S(=O)(O)c1cc(NN2N=C(Nc3cccc4ccccc34)C=C(Nc3ccccc3)N2)ccc1C=Cc1ccc(NN2N=C(Nc3cccc4ccccc34)C=C(Nc3ccccc3)N2)cc1S(=O)(=O)O.[Na].[Na]. The summed E-state index contributed by atoms with van der Waals surface area (Å²) in [5, 5.41) is 29.2. The van der Waals surface area contributed by atoms with Crippen LogP contribution in [0.4, 0.5) is 34.1 Å². The number of anilines is 6. The Morgan fingerprint density at radius 1 is 0.432 bits per heavy atom. The van der Waals surface area contributed by atoms with Crippen LogP contribution in [0.5, 0.6) is 0 Å². The van der Waals surface area contributed by atoms with Gasteiger partial charge >= 0.3 is 0 Å². The van der Waals surface area contributed by atoms with Crippen LogP contribution in [0.3, 0.4) is 0 Å². The van der Waals surface area contributed by atoms with E-state index in [4.69, 9.17) is 0 Å².